The SMILES string of the molecule is COC(=O)C(=CCCC(CC/C=C(\C)CC/C=C(\C)CCC=C(C)C)CO[Si](C)(C)C(C)(C)C)C(=O)OC. The average molecular weight is 549 g/mol. The van der Waals surface area contributed by atoms with E-state index < -0.39 is 20.3 Å². The van der Waals surface area contributed by atoms with Crippen molar-refractivity contribution in [3.8, 4) is 0 Å². The molecule has 0 bridgehead atoms. The number of methoxy groups -OCH3 is 2. The zero-order valence-corrected chi connectivity index (χ0v) is 27.3. The number of carbonyl (C=O) groups excluding carboxylic acids is 2. The van der Waals surface area contributed by atoms with Gasteiger partial charge in [-0.3, -0.25) is 0 Å². The predicted octanol–water partition coefficient (Wildman–Crippen LogP) is 8.88. The summed E-state index contributed by atoms with van der Waals surface area (Å²) in [6.07, 6.45) is 16.5. The van der Waals surface area contributed by atoms with Gasteiger partial charge in [-0.15, -0.1) is 0 Å². The van der Waals surface area contributed by atoms with Gasteiger partial charge >= 0.3 is 11.9 Å². The Morgan fingerprint density at radius 1 is 0.737 bits per heavy atom. The van der Waals surface area contributed by atoms with E-state index in [0.717, 1.165) is 44.9 Å². The Labute approximate surface area is 234 Å². The minimum atomic E-state index is -1.87. The lowest BCUT2D eigenvalue weighted by Crippen LogP contribution is -2.42. The van der Waals surface area contributed by atoms with Crippen LogP contribution in [0.4, 0.5) is 0 Å². The number of allylic oxidation sites excluding steroid dienone is 7. The summed E-state index contributed by atoms with van der Waals surface area (Å²) in [4.78, 5) is 24.0. The molecule has 0 spiro atoms. The summed E-state index contributed by atoms with van der Waals surface area (Å²) in [6.45, 7) is 20.7. The van der Waals surface area contributed by atoms with E-state index in [1.807, 2.05) is 0 Å². The Bertz CT molecular complexity index is 834. The highest BCUT2D eigenvalue weighted by atomic mass is 28.4. The summed E-state index contributed by atoms with van der Waals surface area (Å²) < 4.78 is 16.0. The van der Waals surface area contributed by atoms with Gasteiger partial charge < -0.3 is 13.9 Å². The zero-order valence-electron chi connectivity index (χ0n) is 26.3. The molecule has 0 radical (unpaired) electrons. The van der Waals surface area contributed by atoms with Crippen LogP contribution in [0.2, 0.25) is 18.1 Å². The van der Waals surface area contributed by atoms with E-state index in [-0.39, 0.29) is 10.6 Å². The number of esters is 2. The molecule has 38 heavy (non-hydrogen) atoms. The molecule has 5 nitrogen and oxygen atoms in total. The number of carbonyl (C=O) groups is 2. The van der Waals surface area contributed by atoms with E-state index in [1.165, 1.54) is 30.9 Å². The molecule has 0 aromatic rings. The lowest BCUT2D eigenvalue weighted by Gasteiger charge is -2.37. The smallest absolute Gasteiger partial charge is 0.344 e. The summed E-state index contributed by atoms with van der Waals surface area (Å²) in [5.41, 5.74) is 4.22. The molecule has 0 N–H and O–H groups in total. The van der Waals surface area contributed by atoms with Crippen molar-refractivity contribution in [3.63, 3.8) is 0 Å². The van der Waals surface area contributed by atoms with Gasteiger partial charge in [0.1, 0.15) is 5.57 Å². The first-order chi connectivity index (χ1) is 17.6. The highest BCUT2D eigenvalue weighted by Crippen LogP contribution is 2.37. The standard InChI is InChI=1S/C32H56O5Si/c1-25(2)16-12-17-26(3)18-13-19-27(4)20-14-21-28(24-37-38(10,11)32(5,6)7)22-15-23-29(30(33)35-8)31(34)36-9/h16,18,20,23,28H,12-15,17,19,21-22,24H2,1-11H3/b26-18+,27-20+. The Balaban J connectivity index is 5.15. The average Bonchev–Trinajstić information content (AvgIpc) is 2.82. The van der Waals surface area contributed by atoms with Gasteiger partial charge in [0.2, 0.25) is 0 Å². The number of rotatable bonds is 17. The third kappa shape index (κ3) is 15.5. The van der Waals surface area contributed by atoms with E-state index >= 15 is 0 Å². The van der Waals surface area contributed by atoms with Gasteiger partial charge in [-0.2, -0.15) is 0 Å². The van der Waals surface area contributed by atoms with Crippen LogP contribution in [-0.4, -0.2) is 41.1 Å². The molecule has 0 fully saturated rings. The Morgan fingerprint density at radius 3 is 1.63 bits per heavy atom. The fourth-order valence-electron chi connectivity index (χ4n) is 3.69. The molecule has 0 aliphatic carbocycles. The molecule has 0 heterocycles. The van der Waals surface area contributed by atoms with E-state index in [1.54, 1.807) is 6.08 Å². The third-order valence-corrected chi connectivity index (χ3v) is 11.9. The van der Waals surface area contributed by atoms with Crippen LogP contribution in [0.1, 0.15) is 99.8 Å². The number of hydrogen-bond acceptors (Lipinski definition) is 5. The summed E-state index contributed by atoms with van der Waals surface area (Å²) in [6, 6.07) is 0. The molecule has 0 aliphatic heterocycles. The van der Waals surface area contributed by atoms with Crippen LogP contribution in [0.25, 0.3) is 0 Å². The molecule has 0 aromatic heterocycles. The minimum absolute atomic E-state index is 0.0426. The van der Waals surface area contributed by atoms with Crippen LogP contribution in [0, 0.1) is 5.92 Å². The third-order valence-electron chi connectivity index (χ3n) is 7.41. The van der Waals surface area contributed by atoms with Crippen LogP contribution in [0.15, 0.2) is 46.6 Å². The maximum absolute atomic E-state index is 12.0. The van der Waals surface area contributed by atoms with Crippen molar-refractivity contribution in [2.45, 2.75) is 118 Å². The van der Waals surface area contributed by atoms with Crippen molar-refractivity contribution < 1.29 is 23.5 Å². The highest BCUT2D eigenvalue weighted by Gasteiger charge is 2.37. The molecule has 1 atom stereocenters. The van der Waals surface area contributed by atoms with Crippen LogP contribution in [-0.2, 0) is 23.5 Å². The molecule has 1 unspecified atom stereocenters. The zero-order chi connectivity index (χ0) is 29.4. The normalized spacial score (nSPS) is 13.6. The predicted molar refractivity (Wildman–Crippen MR) is 163 cm³/mol. The second-order valence-corrected chi connectivity index (χ2v) is 17.0. The van der Waals surface area contributed by atoms with Gasteiger partial charge in [0, 0.05) is 6.61 Å². The van der Waals surface area contributed by atoms with Crippen LogP contribution >= 0.6 is 0 Å². The summed E-state index contributed by atoms with van der Waals surface area (Å²) in [5, 5.41) is 0.147. The monoisotopic (exact) mass is 548 g/mol. The number of ether oxygens (including phenoxy) is 2. The molecule has 0 aliphatic rings. The highest BCUT2D eigenvalue weighted by molar-refractivity contribution is 6.74. The Kier molecular flexibility index (Phi) is 17.4. The second kappa shape index (κ2) is 18.4. The van der Waals surface area contributed by atoms with E-state index in [9.17, 15) is 9.59 Å². The molecule has 0 rings (SSSR count). The van der Waals surface area contributed by atoms with Crippen molar-refractivity contribution in [1.82, 2.24) is 0 Å². The molecular formula is C32H56O5Si. The first-order valence-electron chi connectivity index (χ1n) is 14.1. The fourth-order valence-corrected chi connectivity index (χ4v) is 4.78. The van der Waals surface area contributed by atoms with Gasteiger partial charge in [-0.05, 0) is 103 Å². The van der Waals surface area contributed by atoms with E-state index in [4.69, 9.17) is 13.9 Å². The Hall–Kier alpha value is -1.92. The summed E-state index contributed by atoms with van der Waals surface area (Å²) >= 11 is 0. The summed E-state index contributed by atoms with van der Waals surface area (Å²) in [5.74, 6) is -0.991. The first-order valence-corrected chi connectivity index (χ1v) is 17.0. The van der Waals surface area contributed by atoms with Crippen molar-refractivity contribution in [1.29, 1.82) is 0 Å². The molecular weight excluding hydrogens is 492 g/mol. The second-order valence-electron chi connectivity index (χ2n) is 12.2. The van der Waals surface area contributed by atoms with Crippen molar-refractivity contribution in [3.05, 3.63) is 46.6 Å². The lowest BCUT2D eigenvalue weighted by molar-refractivity contribution is -0.144. The first kappa shape index (κ1) is 36.1. The van der Waals surface area contributed by atoms with Gasteiger partial charge in [0.15, 0.2) is 8.32 Å². The molecule has 0 saturated carbocycles. The van der Waals surface area contributed by atoms with Gasteiger partial charge in [-0.25, -0.2) is 9.59 Å². The van der Waals surface area contributed by atoms with Gasteiger partial charge in [0.05, 0.1) is 14.2 Å². The summed E-state index contributed by atoms with van der Waals surface area (Å²) in [7, 11) is 0.668. The van der Waals surface area contributed by atoms with Gasteiger partial charge in [0.25, 0.3) is 0 Å². The van der Waals surface area contributed by atoms with E-state index in [0.29, 0.717) is 18.9 Å². The Morgan fingerprint density at radius 2 is 1.18 bits per heavy atom. The lowest BCUT2D eigenvalue weighted by atomic mass is 9.96. The molecule has 218 valence electrons. The molecule has 0 aromatic carbocycles. The van der Waals surface area contributed by atoms with Crippen LogP contribution in [0.3, 0.4) is 0 Å². The largest absolute Gasteiger partial charge is 0.465 e. The minimum Gasteiger partial charge on any atom is -0.465 e. The van der Waals surface area contributed by atoms with Crippen molar-refractivity contribution in [2.24, 2.45) is 5.92 Å². The molecule has 0 amide bonds. The number of hydrogen-bond donors (Lipinski definition) is 0. The molecule has 6 heteroatoms. The molecule has 0 saturated heterocycles. The maximum atomic E-state index is 12.0. The quantitative estimate of drug-likeness (QED) is 0.0453. The van der Waals surface area contributed by atoms with Crippen LogP contribution in [0.5, 0.6) is 0 Å². The van der Waals surface area contributed by atoms with Crippen molar-refractivity contribution >= 4 is 20.3 Å². The van der Waals surface area contributed by atoms with Crippen molar-refractivity contribution in [2.75, 3.05) is 20.8 Å². The topological polar surface area (TPSA) is 61.8 Å². The van der Waals surface area contributed by atoms with Gasteiger partial charge in [-0.1, -0.05) is 61.8 Å². The van der Waals surface area contributed by atoms with E-state index in [2.05, 4.69) is 79.8 Å². The fraction of sp³-hybridized carbons (Fsp3) is 0.688. The van der Waals surface area contributed by atoms with Crippen LogP contribution < -0.4 is 0 Å². The maximum Gasteiger partial charge on any atom is 0.344 e.